The second-order valence-electron chi connectivity index (χ2n) is 6.54. The van der Waals surface area contributed by atoms with Crippen LogP contribution in [0.3, 0.4) is 0 Å². The summed E-state index contributed by atoms with van der Waals surface area (Å²) in [6.07, 6.45) is 0.335. The second-order valence-corrected chi connectivity index (χ2v) is 6.54. The van der Waals surface area contributed by atoms with Crippen LogP contribution in [0.25, 0.3) is 0 Å². The van der Waals surface area contributed by atoms with Gasteiger partial charge < -0.3 is 15.3 Å². The molecule has 0 saturated carbocycles. The Morgan fingerprint density at radius 2 is 1.75 bits per heavy atom. The second kappa shape index (κ2) is 8.68. The fourth-order valence-corrected chi connectivity index (χ4v) is 2.89. The Hall–Kier alpha value is -2.08. The highest BCUT2D eigenvalue weighted by Crippen LogP contribution is 2.15. The van der Waals surface area contributed by atoms with Crippen LogP contribution in [0, 0.1) is 5.92 Å². The first-order chi connectivity index (χ1) is 11.5. The standard InChI is InChI=1S/C18H27N3O3/c1-14(2)17(18(23)24)19-16(22)8-9-20-10-12-21(13-11-20)15-6-4-3-5-7-15/h3-7,14,17H,8-13H2,1-2H3,(H,19,22)(H,23,24)/t17-/m1/s1. The molecule has 0 spiro atoms. The topological polar surface area (TPSA) is 72.9 Å². The van der Waals surface area contributed by atoms with Crippen molar-refractivity contribution in [2.45, 2.75) is 26.3 Å². The third kappa shape index (κ3) is 5.23. The Morgan fingerprint density at radius 1 is 1.12 bits per heavy atom. The molecule has 2 rings (SSSR count). The molecule has 1 atom stereocenters. The zero-order chi connectivity index (χ0) is 17.5. The van der Waals surface area contributed by atoms with Crippen LogP contribution in [0.2, 0.25) is 0 Å². The summed E-state index contributed by atoms with van der Waals surface area (Å²) in [5.41, 5.74) is 1.23. The summed E-state index contributed by atoms with van der Waals surface area (Å²) in [5, 5.41) is 11.7. The number of rotatable bonds is 7. The number of carboxylic acid groups (broad SMARTS) is 1. The molecule has 1 aliphatic rings. The van der Waals surface area contributed by atoms with E-state index in [0.29, 0.717) is 13.0 Å². The molecule has 24 heavy (non-hydrogen) atoms. The maximum absolute atomic E-state index is 12.0. The van der Waals surface area contributed by atoms with Gasteiger partial charge in [0.25, 0.3) is 0 Å². The van der Waals surface area contributed by atoms with Crippen LogP contribution in [0.4, 0.5) is 5.69 Å². The zero-order valence-corrected chi connectivity index (χ0v) is 14.4. The summed E-state index contributed by atoms with van der Waals surface area (Å²) >= 11 is 0. The van der Waals surface area contributed by atoms with Crippen LogP contribution < -0.4 is 10.2 Å². The van der Waals surface area contributed by atoms with Crippen LogP contribution in [0.15, 0.2) is 30.3 Å². The molecular formula is C18H27N3O3. The van der Waals surface area contributed by atoms with E-state index in [1.165, 1.54) is 5.69 Å². The molecule has 132 valence electrons. The van der Waals surface area contributed by atoms with Gasteiger partial charge >= 0.3 is 5.97 Å². The molecule has 1 aromatic rings. The maximum Gasteiger partial charge on any atom is 0.326 e. The lowest BCUT2D eigenvalue weighted by Crippen LogP contribution is -2.48. The third-order valence-corrected chi connectivity index (χ3v) is 4.40. The van der Waals surface area contributed by atoms with Gasteiger partial charge in [-0.3, -0.25) is 9.69 Å². The molecular weight excluding hydrogens is 306 g/mol. The number of hydrogen-bond acceptors (Lipinski definition) is 4. The number of carboxylic acids is 1. The van der Waals surface area contributed by atoms with E-state index in [9.17, 15) is 9.59 Å². The average molecular weight is 333 g/mol. The van der Waals surface area contributed by atoms with E-state index in [1.807, 2.05) is 18.2 Å². The Bertz CT molecular complexity index is 540. The molecule has 6 nitrogen and oxygen atoms in total. The minimum atomic E-state index is -0.977. The maximum atomic E-state index is 12.0. The molecule has 0 bridgehead atoms. The smallest absolute Gasteiger partial charge is 0.326 e. The van der Waals surface area contributed by atoms with Gasteiger partial charge in [0.05, 0.1) is 0 Å². The molecule has 0 unspecified atom stereocenters. The van der Waals surface area contributed by atoms with E-state index >= 15 is 0 Å². The Balaban J connectivity index is 1.72. The number of hydrogen-bond donors (Lipinski definition) is 2. The molecule has 0 aromatic heterocycles. The van der Waals surface area contributed by atoms with E-state index in [4.69, 9.17) is 5.11 Å². The molecule has 1 saturated heterocycles. The molecule has 1 fully saturated rings. The summed E-state index contributed by atoms with van der Waals surface area (Å²) in [4.78, 5) is 27.7. The highest BCUT2D eigenvalue weighted by Gasteiger charge is 2.24. The molecule has 2 N–H and O–H groups in total. The average Bonchev–Trinajstić information content (AvgIpc) is 2.58. The number of benzene rings is 1. The fourth-order valence-electron chi connectivity index (χ4n) is 2.89. The van der Waals surface area contributed by atoms with Crippen molar-refractivity contribution in [3.63, 3.8) is 0 Å². The zero-order valence-electron chi connectivity index (χ0n) is 14.4. The van der Waals surface area contributed by atoms with E-state index < -0.39 is 12.0 Å². The van der Waals surface area contributed by atoms with Gasteiger partial charge in [-0.15, -0.1) is 0 Å². The number of carbonyl (C=O) groups excluding carboxylic acids is 1. The molecule has 1 aliphatic heterocycles. The molecule has 0 radical (unpaired) electrons. The van der Waals surface area contributed by atoms with Crippen LogP contribution in [0.1, 0.15) is 20.3 Å². The number of piperazine rings is 1. The van der Waals surface area contributed by atoms with Crippen LogP contribution in [0.5, 0.6) is 0 Å². The van der Waals surface area contributed by atoms with E-state index in [1.54, 1.807) is 13.8 Å². The first-order valence-corrected chi connectivity index (χ1v) is 8.52. The molecule has 1 heterocycles. The highest BCUT2D eigenvalue weighted by atomic mass is 16.4. The number of amides is 1. The van der Waals surface area contributed by atoms with Gasteiger partial charge in [0.1, 0.15) is 6.04 Å². The molecule has 1 aromatic carbocycles. The number of nitrogens with one attached hydrogen (secondary N) is 1. The number of nitrogens with zero attached hydrogens (tertiary/aromatic N) is 2. The lowest BCUT2D eigenvalue weighted by Gasteiger charge is -2.36. The largest absolute Gasteiger partial charge is 0.480 e. The molecule has 1 amide bonds. The summed E-state index contributed by atoms with van der Waals surface area (Å²) in [5.74, 6) is -1.29. The van der Waals surface area contributed by atoms with Crippen molar-refractivity contribution in [2.24, 2.45) is 5.92 Å². The quantitative estimate of drug-likeness (QED) is 0.790. The molecule has 0 aliphatic carbocycles. The Labute approximate surface area is 143 Å². The lowest BCUT2D eigenvalue weighted by atomic mass is 10.0. The van der Waals surface area contributed by atoms with Crippen molar-refractivity contribution in [1.29, 1.82) is 0 Å². The van der Waals surface area contributed by atoms with Crippen LogP contribution in [-0.4, -0.2) is 60.6 Å². The number of aliphatic carboxylic acids is 1. The van der Waals surface area contributed by atoms with Gasteiger partial charge in [-0.2, -0.15) is 0 Å². The highest BCUT2D eigenvalue weighted by molar-refractivity contribution is 5.83. The number of para-hydroxylation sites is 1. The van der Waals surface area contributed by atoms with Crippen LogP contribution in [-0.2, 0) is 9.59 Å². The predicted octanol–water partition coefficient (Wildman–Crippen LogP) is 1.42. The Kier molecular flexibility index (Phi) is 6.61. The van der Waals surface area contributed by atoms with Gasteiger partial charge in [0.15, 0.2) is 0 Å². The SMILES string of the molecule is CC(C)[C@@H](NC(=O)CCN1CCN(c2ccccc2)CC1)C(=O)O. The summed E-state index contributed by atoms with van der Waals surface area (Å²) in [6, 6.07) is 9.51. The van der Waals surface area contributed by atoms with Gasteiger partial charge in [0.2, 0.25) is 5.91 Å². The van der Waals surface area contributed by atoms with Gasteiger partial charge in [-0.05, 0) is 18.1 Å². The van der Waals surface area contributed by atoms with Crippen molar-refractivity contribution in [2.75, 3.05) is 37.6 Å². The molecule has 6 heteroatoms. The minimum Gasteiger partial charge on any atom is -0.480 e. The first kappa shape index (κ1) is 18.3. The lowest BCUT2D eigenvalue weighted by molar-refractivity contribution is -0.143. The number of anilines is 1. The monoisotopic (exact) mass is 333 g/mol. The van der Waals surface area contributed by atoms with Gasteiger partial charge in [-0.1, -0.05) is 32.0 Å². The number of carbonyl (C=O) groups is 2. The van der Waals surface area contributed by atoms with Crippen molar-refractivity contribution in [1.82, 2.24) is 10.2 Å². The predicted molar refractivity (Wildman–Crippen MR) is 94.1 cm³/mol. The summed E-state index contributed by atoms with van der Waals surface area (Å²) in [7, 11) is 0. The van der Waals surface area contributed by atoms with Crippen LogP contribution >= 0.6 is 0 Å². The fraction of sp³-hybridized carbons (Fsp3) is 0.556. The van der Waals surface area contributed by atoms with Crippen molar-refractivity contribution < 1.29 is 14.7 Å². The van der Waals surface area contributed by atoms with Gasteiger partial charge in [-0.25, -0.2) is 4.79 Å². The van der Waals surface area contributed by atoms with E-state index in [2.05, 4.69) is 27.2 Å². The first-order valence-electron chi connectivity index (χ1n) is 8.52. The summed E-state index contributed by atoms with van der Waals surface area (Å²) < 4.78 is 0. The van der Waals surface area contributed by atoms with Crippen molar-refractivity contribution in [3.05, 3.63) is 30.3 Å². The van der Waals surface area contributed by atoms with Gasteiger partial charge in [0, 0.05) is 44.8 Å². The minimum absolute atomic E-state index is 0.124. The Morgan fingerprint density at radius 3 is 2.29 bits per heavy atom. The normalized spacial score (nSPS) is 16.9. The third-order valence-electron chi connectivity index (χ3n) is 4.40. The van der Waals surface area contributed by atoms with E-state index in [0.717, 1.165) is 26.2 Å². The summed E-state index contributed by atoms with van der Waals surface area (Å²) in [6.45, 7) is 7.96. The van der Waals surface area contributed by atoms with Crippen molar-refractivity contribution >= 4 is 17.6 Å². The van der Waals surface area contributed by atoms with E-state index in [-0.39, 0.29) is 11.8 Å². The van der Waals surface area contributed by atoms with Crippen molar-refractivity contribution in [3.8, 4) is 0 Å².